The molecule has 0 saturated heterocycles. The molecule has 1 aromatic heterocycles. The monoisotopic (exact) mass is 316 g/mol. The fraction of sp³-hybridized carbons (Fsp3) is 0.615. The maximum atomic E-state index is 12.4. The molecule has 0 bridgehead atoms. The van der Waals surface area contributed by atoms with Gasteiger partial charge in [0.15, 0.2) is 0 Å². The van der Waals surface area contributed by atoms with Gasteiger partial charge in [-0.1, -0.05) is 0 Å². The smallest absolute Gasteiger partial charge is 0.268 e. The molecule has 3 rings (SSSR count). The van der Waals surface area contributed by atoms with Crippen LogP contribution in [0, 0.1) is 0 Å². The number of aromatic nitrogens is 1. The van der Waals surface area contributed by atoms with Crippen molar-refractivity contribution in [3.8, 4) is 0 Å². The van der Waals surface area contributed by atoms with E-state index in [9.17, 15) is 13.2 Å². The summed E-state index contributed by atoms with van der Waals surface area (Å²) >= 11 is 0. The van der Waals surface area contributed by atoms with Crippen LogP contribution >= 0.6 is 10.7 Å². The van der Waals surface area contributed by atoms with E-state index in [1.807, 2.05) is 6.92 Å². The van der Waals surface area contributed by atoms with Crippen LogP contribution in [0.1, 0.15) is 55.6 Å². The zero-order valence-electron chi connectivity index (χ0n) is 11.2. The Morgan fingerprint density at radius 1 is 1.45 bits per heavy atom. The molecule has 20 heavy (non-hydrogen) atoms. The standard InChI is InChI=1S/C13H17ClN2O3S/c1-13(5-2-6-13)15-12(17)11-7-10(20(14,18)19)8-16(11)9-3-4-9/h7-9H,2-6H2,1H3,(H,15,17). The number of hydrogen-bond acceptors (Lipinski definition) is 3. The predicted octanol–water partition coefficient (Wildman–Crippen LogP) is 2.42. The Morgan fingerprint density at radius 2 is 2.10 bits per heavy atom. The summed E-state index contributed by atoms with van der Waals surface area (Å²) in [6.45, 7) is 2.01. The third-order valence-corrected chi connectivity index (χ3v) is 5.47. The van der Waals surface area contributed by atoms with E-state index in [1.54, 1.807) is 4.57 Å². The lowest BCUT2D eigenvalue weighted by Crippen LogP contribution is -2.51. The topological polar surface area (TPSA) is 68.2 Å². The van der Waals surface area contributed by atoms with E-state index in [2.05, 4.69) is 5.32 Å². The highest BCUT2D eigenvalue weighted by Crippen LogP contribution is 2.38. The van der Waals surface area contributed by atoms with Crippen LogP contribution in [-0.2, 0) is 9.05 Å². The minimum Gasteiger partial charge on any atom is -0.346 e. The molecule has 1 N–H and O–H groups in total. The van der Waals surface area contributed by atoms with E-state index >= 15 is 0 Å². The second kappa shape index (κ2) is 4.49. The molecule has 2 saturated carbocycles. The summed E-state index contributed by atoms with van der Waals surface area (Å²) in [4.78, 5) is 12.4. The summed E-state index contributed by atoms with van der Waals surface area (Å²) in [5.74, 6) is -0.217. The van der Waals surface area contributed by atoms with Gasteiger partial charge in [-0.3, -0.25) is 4.79 Å². The fourth-order valence-electron chi connectivity index (χ4n) is 2.59. The van der Waals surface area contributed by atoms with Gasteiger partial charge in [0, 0.05) is 28.5 Å². The van der Waals surface area contributed by atoms with E-state index < -0.39 is 9.05 Å². The SMILES string of the molecule is CC1(NC(=O)c2cc(S(=O)(=O)Cl)cn2C2CC2)CCC1. The second-order valence-electron chi connectivity index (χ2n) is 6.01. The number of carbonyl (C=O) groups is 1. The molecule has 2 aliphatic rings. The Morgan fingerprint density at radius 3 is 2.55 bits per heavy atom. The maximum absolute atomic E-state index is 12.4. The number of rotatable bonds is 4. The van der Waals surface area contributed by atoms with Gasteiger partial charge in [0.25, 0.3) is 15.0 Å². The molecule has 7 heteroatoms. The molecular weight excluding hydrogens is 300 g/mol. The van der Waals surface area contributed by atoms with Crippen molar-refractivity contribution in [2.24, 2.45) is 0 Å². The summed E-state index contributed by atoms with van der Waals surface area (Å²) < 4.78 is 24.6. The van der Waals surface area contributed by atoms with Crippen LogP contribution in [-0.4, -0.2) is 24.4 Å². The normalized spacial score (nSPS) is 21.3. The molecule has 2 fully saturated rings. The van der Waals surface area contributed by atoms with Gasteiger partial charge < -0.3 is 9.88 Å². The minimum atomic E-state index is -3.81. The molecular formula is C13H17ClN2O3S. The van der Waals surface area contributed by atoms with Crippen molar-refractivity contribution in [2.75, 3.05) is 0 Å². The van der Waals surface area contributed by atoms with E-state index in [0.29, 0.717) is 5.69 Å². The number of carbonyl (C=O) groups excluding carboxylic acids is 1. The van der Waals surface area contributed by atoms with Crippen LogP contribution in [0.15, 0.2) is 17.2 Å². The first-order valence-electron chi connectivity index (χ1n) is 6.78. The third-order valence-electron chi connectivity index (χ3n) is 4.15. The summed E-state index contributed by atoms with van der Waals surface area (Å²) in [6.07, 6.45) is 6.44. The molecule has 0 radical (unpaired) electrons. The van der Waals surface area contributed by atoms with Crippen LogP contribution in [0.4, 0.5) is 0 Å². The quantitative estimate of drug-likeness (QED) is 0.867. The minimum absolute atomic E-state index is 0.00465. The molecule has 0 spiro atoms. The van der Waals surface area contributed by atoms with Gasteiger partial charge in [0.05, 0.1) is 0 Å². The summed E-state index contributed by atoms with van der Waals surface area (Å²) in [5.41, 5.74) is 0.232. The Kier molecular flexibility index (Phi) is 3.14. The highest BCUT2D eigenvalue weighted by atomic mass is 35.7. The van der Waals surface area contributed by atoms with E-state index in [0.717, 1.165) is 32.1 Å². The van der Waals surface area contributed by atoms with Crippen molar-refractivity contribution in [3.63, 3.8) is 0 Å². The van der Waals surface area contributed by atoms with Crippen LogP contribution in [0.5, 0.6) is 0 Å². The Bertz CT molecular complexity index is 657. The number of halogens is 1. The molecule has 110 valence electrons. The first kappa shape index (κ1) is 13.9. The van der Waals surface area contributed by atoms with Crippen molar-refractivity contribution in [1.82, 2.24) is 9.88 Å². The Balaban J connectivity index is 1.91. The van der Waals surface area contributed by atoms with Crippen molar-refractivity contribution in [3.05, 3.63) is 18.0 Å². The lowest BCUT2D eigenvalue weighted by molar-refractivity contribution is 0.0840. The molecule has 0 atom stereocenters. The highest BCUT2D eigenvalue weighted by Gasteiger charge is 2.36. The van der Waals surface area contributed by atoms with Crippen molar-refractivity contribution in [1.29, 1.82) is 0 Å². The van der Waals surface area contributed by atoms with Crippen molar-refractivity contribution >= 4 is 25.6 Å². The van der Waals surface area contributed by atoms with Crippen LogP contribution in [0.25, 0.3) is 0 Å². The van der Waals surface area contributed by atoms with Crippen LogP contribution in [0.3, 0.4) is 0 Å². The van der Waals surface area contributed by atoms with E-state index in [-0.39, 0.29) is 22.4 Å². The Hall–Kier alpha value is -1.01. The first-order valence-corrected chi connectivity index (χ1v) is 9.08. The summed E-state index contributed by atoms with van der Waals surface area (Å²) in [6, 6.07) is 1.59. The fourth-order valence-corrected chi connectivity index (χ4v) is 3.34. The van der Waals surface area contributed by atoms with Gasteiger partial charge in [-0.15, -0.1) is 0 Å². The van der Waals surface area contributed by atoms with E-state index in [4.69, 9.17) is 10.7 Å². The van der Waals surface area contributed by atoms with Crippen molar-refractivity contribution < 1.29 is 13.2 Å². The summed E-state index contributed by atoms with van der Waals surface area (Å²) in [5, 5.41) is 3.00. The van der Waals surface area contributed by atoms with E-state index in [1.165, 1.54) is 12.3 Å². The zero-order valence-corrected chi connectivity index (χ0v) is 12.8. The lowest BCUT2D eigenvalue weighted by Gasteiger charge is -2.39. The molecule has 1 aromatic rings. The van der Waals surface area contributed by atoms with Gasteiger partial charge >= 0.3 is 0 Å². The molecule has 1 amide bonds. The van der Waals surface area contributed by atoms with Gasteiger partial charge in [-0.2, -0.15) is 0 Å². The largest absolute Gasteiger partial charge is 0.346 e. The van der Waals surface area contributed by atoms with Gasteiger partial charge in [-0.25, -0.2) is 8.42 Å². The third kappa shape index (κ3) is 2.59. The predicted molar refractivity (Wildman–Crippen MR) is 75.5 cm³/mol. The number of nitrogens with one attached hydrogen (secondary N) is 1. The maximum Gasteiger partial charge on any atom is 0.268 e. The van der Waals surface area contributed by atoms with Crippen LogP contribution in [0.2, 0.25) is 0 Å². The molecule has 0 aromatic carbocycles. The van der Waals surface area contributed by atoms with Gasteiger partial charge in [0.2, 0.25) is 0 Å². The second-order valence-corrected chi connectivity index (χ2v) is 8.57. The first-order chi connectivity index (χ1) is 9.28. The average molecular weight is 317 g/mol. The zero-order chi connectivity index (χ0) is 14.5. The van der Waals surface area contributed by atoms with Crippen LogP contribution < -0.4 is 5.32 Å². The lowest BCUT2D eigenvalue weighted by atomic mass is 9.78. The van der Waals surface area contributed by atoms with Gasteiger partial charge in [-0.05, 0) is 45.1 Å². The summed E-state index contributed by atoms with van der Waals surface area (Å²) in [7, 11) is 1.56. The average Bonchev–Trinajstić information content (AvgIpc) is 3.04. The molecule has 0 unspecified atom stereocenters. The van der Waals surface area contributed by atoms with Gasteiger partial charge in [0.1, 0.15) is 10.6 Å². The molecule has 1 heterocycles. The van der Waals surface area contributed by atoms with Crippen molar-refractivity contribution in [2.45, 2.75) is 55.5 Å². The highest BCUT2D eigenvalue weighted by molar-refractivity contribution is 8.13. The number of amides is 1. The molecule has 5 nitrogen and oxygen atoms in total. The Labute approximate surface area is 122 Å². The number of hydrogen-bond donors (Lipinski definition) is 1. The molecule has 0 aliphatic heterocycles. The number of nitrogens with zero attached hydrogens (tertiary/aromatic N) is 1. The molecule has 2 aliphatic carbocycles.